The van der Waals surface area contributed by atoms with Crippen LogP contribution in [0, 0.1) is 11.3 Å². The summed E-state index contributed by atoms with van der Waals surface area (Å²) in [6, 6.07) is 0. The van der Waals surface area contributed by atoms with Gasteiger partial charge in [-0.1, -0.05) is 31.4 Å². The highest BCUT2D eigenvalue weighted by Crippen LogP contribution is 2.50. The Kier molecular flexibility index (Phi) is 3.50. The van der Waals surface area contributed by atoms with E-state index in [-0.39, 0.29) is 0 Å². The Morgan fingerprint density at radius 1 is 1.53 bits per heavy atom. The fraction of sp³-hybridized carbons (Fsp3) is 0.857. The number of allylic oxidation sites excluding steroid dienone is 1. The molecule has 86 valence electrons. The van der Waals surface area contributed by atoms with Crippen LogP contribution in [0.1, 0.15) is 51.9 Å². The van der Waals surface area contributed by atoms with E-state index in [9.17, 15) is 0 Å². The molecule has 2 saturated carbocycles. The molecule has 2 bridgehead atoms. The van der Waals surface area contributed by atoms with Crippen LogP contribution in [0.5, 0.6) is 0 Å². The molecule has 1 N–H and O–H groups in total. The molecule has 0 saturated heterocycles. The van der Waals surface area contributed by atoms with Crippen LogP contribution in [0.25, 0.3) is 0 Å². The molecule has 0 radical (unpaired) electrons. The molecule has 1 nitrogen and oxygen atoms in total. The molecular weight excluding hydrogens is 182 g/mol. The summed E-state index contributed by atoms with van der Waals surface area (Å²) in [5.74, 6) is 1.01. The van der Waals surface area contributed by atoms with E-state index in [1.807, 2.05) is 7.05 Å². The van der Waals surface area contributed by atoms with Gasteiger partial charge in [0.2, 0.25) is 0 Å². The second-order valence-electron chi connectivity index (χ2n) is 5.91. The Morgan fingerprint density at radius 2 is 2.40 bits per heavy atom. The van der Waals surface area contributed by atoms with E-state index < -0.39 is 0 Å². The maximum absolute atomic E-state index is 3.22. The number of hydrogen-bond donors (Lipinski definition) is 1. The molecular formula is C14H25N. The first-order chi connectivity index (χ1) is 7.22. The van der Waals surface area contributed by atoms with Crippen LogP contribution in [0.4, 0.5) is 0 Å². The molecule has 0 aliphatic heterocycles. The number of nitrogens with one attached hydrogen (secondary N) is 1. The summed E-state index contributed by atoms with van der Waals surface area (Å²) in [6.45, 7) is 3.63. The van der Waals surface area contributed by atoms with Gasteiger partial charge in [0.05, 0.1) is 0 Å². The maximum atomic E-state index is 3.22. The molecule has 2 rings (SSSR count). The normalized spacial score (nSPS) is 38.3. The van der Waals surface area contributed by atoms with Gasteiger partial charge in [0, 0.05) is 0 Å². The Balaban J connectivity index is 1.95. The lowest BCUT2D eigenvalue weighted by Crippen LogP contribution is -2.31. The summed E-state index contributed by atoms with van der Waals surface area (Å²) in [6.07, 6.45) is 12.4. The Hall–Kier alpha value is -0.300. The predicted octanol–water partition coefficient (Wildman–Crippen LogP) is 3.51. The van der Waals surface area contributed by atoms with E-state index in [0.29, 0.717) is 5.41 Å². The Bertz CT molecular complexity index is 244. The quantitative estimate of drug-likeness (QED) is 0.551. The molecule has 15 heavy (non-hydrogen) atoms. The topological polar surface area (TPSA) is 12.0 Å². The first-order valence-electron chi connectivity index (χ1n) is 6.54. The van der Waals surface area contributed by atoms with Gasteiger partial charge in [0.1, 0.15) is 0 Å². The van der Waals surface area contributed by atoms with Crippen LogP contribution >= 0.6 is 0 Å². The smallest absolute Gasteiger partial charge is 0.00172 e. The molecule has 1 heteroatoms. The van der Waals surface area contributed by atoms with Crippen LogP contribution in [-0.2, 0) is 0 Å². The lowest BCUT2D eigenvalue weighted by molar-refractivity contribution is 0.127. The zero-order chi connectivity index (χ0) is 10.7. The minimum atomic E-state index is 0.659. The SMILES string of the molecule is CNCCC=C1CC2CCCC(C)(C1)C2. The summed E-state index contributed by atoms with van der Waals surface area (Å²) in [5.41, 5.74) is 2.41. The van der Waals surface area contributed by atoms with Gasteiger partial charge in [0.25, 0.3) is 0 Å². The lowest BCUT2D eigenvalue weighted by Gasteiger charge is -2.44. The van der Waals surface area contributed by atoms with Gasteiger partial charge in [-0.15, -0.1) is 0 Å². The zero-order valence-corrected chi connectivity index (χ0v) is 10.3. The van der Waals surface area contributed by atoms with Crippen LogP contribution in [0.3, 0.4) is 0 Å². The van der Waals surface area contributed by atoms with Gasteiger partial charge in [-0.05, 0) is 57.0 Å². The van der Waals surface area contributed by atoms with Crippen molar-refractivity contribution >= 4 is 0 Å². The van der Waals surface area contributed by atoms with Gasteiger partial charge < -0.3 is 5.32 Å². The minimum Gasteiger partial charge on any atom is -0.319 e. The van der Waals surface area contributed by atoms with Crippen molar-refractivity contribution in [2.75, 3.05) is 13.6 Å². The van der Waals surface area contributed by atoms with Crippen molar-refractivity contribution < 1.29 is 0 Å². The van der Waals surface area contributed by atoms with Gasteiger partial charge in [-0.25, -0.2) is 0 Å². The van der Waals surface area contributed by atoms with E-state index >= 15 is 0 Å². The molecule has 0 aromatic rings. The van der Waals surface area contributed by atoms with Crippen molar-refractivity contribution in [3.05, 3.63) is 11.6 Å². The average Bonchev–Trinajstić information content (AvgIpc) is 2.16. The van der Waals surface area contributed by atoms with Crippen LogP contribution in [0.15, 0.2) is 11.6 Å². The summed E-state index contributed by atoms with van der Waals surface area (Å²) in [5, 5.41) is 3.22. The van der Waals surface area contributed by atoms with E-state index in [1.54, 1.807) is 5.57 Å². The zero-order valence-electron chi connectivity index (χ0n) is 10.3. The highest BCUT2D eigenvalue weighted by molar-refractivity contribution is 5.12. The highest BCUT2D eigenvalue weighted by atomic mass is 14.8. The monoisotopic (exact) mass is 207 g/mol. The van der Waals surface area contributed by atoms with Crippen molar-refractivity contribution in [1.82, 2.24) is 5.32 Å². The molecule has 0 amide bonds. The fourth-order valence-electron chi connectivity index (χ4n) is 3.62. The van der Waals surface area contributed by atoms with E-state index in [2.05, 4.69) is 18.3 Å². The van der Waals surface area contributed by atoms with Crippen molar-refractivity contribution in [2.24, 2.45) is 11.3 Å². The Labute approximate surface area is 94.3 Å². The van der Waals surface area contributed by atoms with Gasteiger partial charge in [0.15, 0.2) is 0 Å². The third-order valence-electron chi connectivity index (χ3n) is 4.21. The minimum absolute atomic E-state index is 0.659. The van der Waals surface area contributed by atoms with Gasteiger partial charge >= 0.3 is 0 Å². The van der Waals surface area contributed by atoms with Crippen molar-refractivity contribution in [3.63, 3.8) is 0 Å². The summed E-state index contributed by atoms with van der Waals surface area (Å²) in [7, 11) is 2.04. The predicted molar refractivity (Wildman–Crippen MR) is 65.9 cm³/mol. The fourth-order valence-corrected chi connectivity index (χ4v) is 3.62. The average molecular weight is 207 g/mol. The van der Waals surface area contributed by atoms with Crippen molar-refractivity contribution in [3.8, 4) is 0 Å². The molecule has 2 aliphatic carbocycles. The van der Waals surface area contributed by atoms with Crippen LogP contribution in [-0.4, -0.2) is 13.6 Å². The summed E-state index contributed by atoms with van der Waals surface area (Å²) < 4.78 is 0. The third-order valence-corrected chi connectivity index (χ3v) is 4.21. The van der Waals surface area contributed by atoms with Gasteiger partial charge in [-0.3, -0.25) is 0 Å². The summed E-state index contributed by atoms with van der Waals surface area (Å²) in [4.78, 5) is 0. The molecule has 0 aromatic heterocycles. The molecule has 2 fully saturated rings. The Morgan fingerprint density at radius 3 is 3.13 bits per heavy atom. The lowest BCUT2D eigenvalue weighted by atomic mass is 9.61. The molecule has 2 aliphatic rings. The molecule has 0 heterocycles. The number of fused-ring (bicyclic) bond motifs is 2. The van der Waals surface area contributed by atoms with Crippen molar-refractivity contribution in [1.29, 1.82) is 0 Å². The number of hydrogen-bond acceptors (Lipinski definition) is 1. The van der Waals surface area contributed by atoms with Crippen molar-refractivity contribution in [2.45, 2.75) is 51.9 Å². The van der Waals surface area contributed by atoms with E-state index in [4.69, 9.17) is 0 Å². The largest absolute Gasteiger partial charge is 0.319 e. The second kappa shape index (κ2) is 4.69. The standard InChI is InChI=1S/C14H25N/c1-14-7-3-5-12(10-14)9-13(11-14)6-4-8-15-2/h6,12,15H,3-5,7-11H2,1-2H3. The van der Waals surface area contributed by atoms with Crippen LogP contribution in [0.2, 0.25) is 0 Å². The molecule has 0 spiro atoms. The molecule has 2 unspecified atom stereocenters. The third kappa shape index (κ3) is 2.84. The molecule has 0 aromatic carbocycles. The van der Waals surface area contributed by atoms with Gasteiger partial charge in [-0.2, -0.15) is 0 Å². The first-order valence-corrected chi connectivity index (χ1v) is 6.54. The van der Waals surface area contributed by atoms with E-state index in [1.165, 1.54) is 44.9 Å². The van der Waals surface area contributed by atoms with E-state index in [0.717, 1.165) is 12.5 Å². The maximum Gasteiger partial charge on any atom is -0.00172 e. The van der Waals surface area contributed by atoms with Crippen LogP contribution < -0.4 is 5.32 Å². The summed E-state index contributed by atoms with van der Waals surface area (Å²) >= 11 is 0. The highest BCUT2D eigenvalue weighted by Gasteiger charge is 2.36. The second-order valence-corrected chi connectivity index (χ2v) is 5.91. The first kappa shape index (κ1) is 11.2. The number of rotatable bonds is 3. The molecule has 2 atom stereocenters.